The Morgan fingerprint density at radius 2 is 1.90 bits per heavy atom. The van der Waals surface area contributed by atoms with Gasteiger partial charge in [0.15, 0.2) is 0 Å². The smallest absolute Gasteiger partial charge is 0.141 e. The number of halogens is 1. The summed E-state index contributed by atoms with van der Waals surface area (Å²) in [5.41, 5.74) is 3.92. The maximum Gasteiger partial charge on any atom is 0.141 e. The van der Waals surface area contributed by atoms with Gasteiger partial charge in [-0.3, -0.25) is 11.3 Å². The molecule has 0 aliphatic rings. The minimum absolute atomic E-state index is 0.0303. The highest BCUT2D eigenvalue weighted by atomic mass is 79.9. The van der Waals surface area contributed by atoms with Crippen molar-refractivity contribution in [1.29, 1.82) is 0 Å². The fraction of sp³-hybridized carbons (Fsp3) is 0.600. The van der Waals surface area contributed by atoms with Gasteiger partial charge in [0.1, 0.15) is 16.0 Å². The highest BCUT2D eigenvalue weighted by molar-refractivity contribution is 9.10. The third kappa shape index (κ3) is 4.57. The van der Waals surface area contributed by atoms with E-state index >= 15 is 0 Å². The summed E-state index contributed by atoms with van der Waals surface area (Å²) in [4.78, 5) is 2.37. The Labute approximate surface area is 135 Å². The zero-order valence-electron chi connectivity index (χ0n) is 13.3. The van der Waals surface area contributed by atoms with Crippen LogP contribution in [0.2, 0.25) is 0 Å². The Balaban J connectivity index is 2.97. The molecule has 21 heavy (non-hydrogen) atoms. The van der Waals surface area contributed by atoms with Crippen LogP contribution in [-0.2, 0) is 0 Å². The molecule has 0 aliphatic heterocycles. The fourth-order valence-corrected chi connectivity index (χ4v) is 3.06. The molecule has 1 atom stereocenters. The Bertz CT molecular complexity index is 439. The van der Waals surface area contributed by atoms with Crippen molar-refractivity contribution >= 4 is 15.9 Å². The molecule has 3 N–H and O–H groups in total. The zero-order valence-corrected chi connectivity index (χ0v) is 14.9. The number of rotatable bonds is 9. The molecule has 0 aliphatic carbocycles. The Morgan fingerprint density at radius 1 is 1.24 bits per heavy atom. The molecule has 0 fully saturated rings. The number of nitrogens with one attached hydrogen (secondary N) is 1. The predicted octanol–water partition coefficient (Wildman–Crippen LogP) is 2.70. The van der Waals surface area contributed by atoms with Crippen molar-refractivity contribution in [1.82, 2.24) is 10.3 Å². The van der Waals surface area contributed by atoms with Crippen molar-refractivity contribution in [3.05, 3.63) is 22.2 Å². The molecule has 1 aromatic rings. The second-order valence-electron chi connectivity index (χ2n) is 4.74. The molecule has 5 nitrogen and oxygen atoms in total. The number of hydrazine groups is 1. The predicted molar refractivity (Wildman–Crippen MR) is 89.7 cm³/mol. The Kier molecular flexibility index (Phi) is 8.03. The van der Waals surface area contributed by atoms with Gasteiger partial charge < -0.3 is 14.4 Å². The normalized spacial score (nSPS) is 12.5. The van der Waals surface area contributed by atoms with Crippen LogP contribution in [0.3, 0.4) is 0 Å². The van der Waals surface area contributed by atoms with Crippen LogP contribution >= 0.6 is 15.9 Å². The molecule has 120 valence electrons. The summed E-state index contributed by atoms with van der Waals surface area (Å²) >= 11 is 3.53. The minimum atomic E-state index is 0.0303. The molecule has 6 heteroatoms. The average molecular weight is 360 g/mol. The molecule has 0 heterocycles. The lowest BCUT2D eigenvalue weighted by Gasteiger charge is -2.24. The highest BCUT2D eigenvalue weighted by Crippen LogP contribution is 2.40. The van der Waals surface area contributed by atoms with Crippen molar-refractivity contribution in [2.24, 2.45) is 5.84 Å². The van der Waals surface area contributed by atoms with Crippen LogP contribution in [0.4, 0.5) is 0 Å². The van der Waals surface area contributed by atoms with Crippen molar-refractivity contribution < 1.29 is 9.47 Å². The largest absolute Gasteiger partial charge is 0.495 e. The van der Waals surface area contributed by atoms with E-state index in [1.54, 1.807) is 14.2 Å². The zero-order chi connectivity index (χ0) is 15.8. The summed E-state index contributed by atoms with van der Waals surface area (Å²) in [5, 5.41) is 0. The van der Waals surface area contributed by atoms with Crippen molar-refractivity contribution in [3.8, 4) is 11.5 Å². The van der Waals surface area contributed by atoms with Crippen LogP contribution in [0.1, 0.15) is 31.9 Å². The molecular formula is C15H26BrN3O2. The van der Waals surface area contributed by atoms with Gasteiger partial charge in [0.2, 0.25) is 0 Å². The second-order valence-corrected chi connectivity index (χ2v) is 5.53. The number of hydrogen-bond donors (Lipinski definition) is 2. The lowest BCUT2D eigenvalue weighted by atomic mass is 10.0. The summed E-state index contributed by atoms with van der Waals surface area (Å²) in [6.07, 6.45) is 0.910. The molecule has 0 spiro atoms. The Hall–Kier alpha value is -0.820. The van der Waals surface area contributed by atoms with Crippen LogP contribution in [0.5, 0.6) is 11.5 Å². The molecule has 1 rings (SSSR count). The van der Waals surface area contributed by atoms with Crippen LogP contribution in [0.15, 0.2) is 16.6 Å². The van der Waals surface area contributed by atoms with E-state index in [0.717, 1.165) is 47.6 Å². The maximum atomic E-state index is 5.75. The summed E-state index contributed by atoms with van der Waals surface area (Å²) in [6.45, 7) is 7.39. The van der Waals surface area contributed by atoms with Gasteiger partial charge in [-0.25, -0.2) is 0 Å². The van der Waals surface area contributed by atoms with Gasteiger partial charge in [0.05, 0.1) is 20.3 Å². The van der Waals surface area contributed by atoms with Crippen LogP contribution in [0.25, 0.3) is 0 Å². The standard InChI is InChI=1S/C15H26BrN3O2/c1-5-19(6-2)10-9-12(18-17)11-7-8-13(20-3)14(16)15(11)21-4/h7-8,12,18H,5-6,9-10,17H2,1-4H3. The monoisotopic (exact) mass is 359 g/mol. The summed E-state index contributed by atoms with van der Waals surface area (Å²) in [6, 6.07) is 3.95. The quantitative estimate of drug-likeness (QED) is 0.524. The van der Waals surface area contributed by atoms with Gasteiger partial charge in [0, 0.05) is 5.56 Å². The first-order valence-corrected chi connectivity index (χ1v) is 8.00. The topological polar surface area (TPSA) is 59.8 Å². The number of nitrogens with two attached hydrogens (primary N) is 1. The van der Waals surface area contributed by atoms with Crippen LogP contribution in [-0.4, -0.2) is 38.8 Å². The molecular weight excluding hydrogens is 334 g/mol. The Morgan fingerprint density at radius 3 is 2.38 bits per heavy atom. The molecule has 0 aromatic heterocycles. The van der Waals surface area contributed by atoms with E-state index in [-0.39, 0.29) is 6.04 Å². The highest BCUT2D eigenvalue weighted by Gasteiger charge is 2.20. The van der Waals surface area contributed by atoms with Crippen LogP contribution < -0.4 is 20.7 Å². The van der Waals surface area contributed by atoms with Gasteiger partial charge in [-0.05, 0) is 54.1 Å². The summed E-state index contributed by atoms with van der Waals surface area (Å²) in [5.74, 6) is 7.25. The second kappa shape index (κ2) is 9.25. The van der Waals surface area contributed by atoms with Gasteiger partial charge >= 0.3 is 0 Å². The number of nitrogens with zero attached hydrogens (tertiary/aromatic N) is 1. The lowest BCUT2D eigenvalue weighted by Crippen LogP contribution is -2.33. The molecule has 0 bridgehead atoms. The number of benzene rings is 1. The molecule has 0 saturated carbocycles. The SMILES string of the molecule is CCN(CC)CCC(NN)c1ccc(OC)c(Br)c1OC. The third-order valence-electron chi connectivity index (χ3n) is 3.72. The molecule has 0 radical (unpaired) electrons. The minimum Gasteiger partial charge on any atom is -0.495 e. The van der Waals surface area contributed by atoms with Gasteiger partial charge in [-0.1, -0.05) is 13.8 Å². The number of hydrogen-bond acceptors (Lipinski definition) is 5. The number of methoxy groups -OCH3 is 2. The van der Waals surface area contributed by atoms with Gasteiger partial charge in [0.25, 0.3) is 0 Å². The van der Waals surface area contributed by atoms with E-state index in [1.165, 1.54) is 0 Å². The van der Waals surface area contributed by atoms with Crippen molar-refractivity contribution in [2.75, 3.05) is 33.9 Å². The molecule has 1 aromatic carbocycles. The number of ether oxygens (including phenoxy) is 2. The average Bonchev–Trinajstić information content (AvgIpc) is 2.51. The maximum absolute atomic E-state index is 5.75. The molecule has 0 amide bonds. The third-order valence-corrected chi connectivity index (χ3v) is 4.47. The van der Waals surface area contributed by atoms with E-state index in [1.807, 2.05) is 12.1 Å². The van der Waals surface area contributed by atoms with Crippen molar-refractivity contribution in [2.45, 2.75) is 26.3 Å². The fourth-order valence-electron chi connectivity index (χ4n) is 2.37. The summed E-state index contributed by atoms with van der Waals surface area (Å²) in [7, 11) is 3.29. The van der Waals surface area contributed by atoms with E-state index in [4.69, 9.17) is 15.3 Å². The van der Waals surface area contributed by atoms with E-state index in [9.17, 15) is 0 Å². The van der Waals surface area contributed by atoms with Crippen LogP contribution in [0, 0.1) is 0 Å². The molecule has 1 unspecified atom stereocenters. The summed E-state index contributed by atoms with van der Waals surface area (Å²) < 4.78 is 11.6. The lowest BCUT2D eigenvalue weighted by molar-refractivity contribution is 0.280. The van der Waals surface area contributed by atoms with Gasteiger partial charge in [-0.2, -0.15) is 0 Å². The van der Waals surface area contributed by atoms with E-state index in [0.29, 0.717) is 0 Å². The van der Waals surface area contributed by atoms with E-state index in [2.05, 4.69) is 40.1 Å². The van der Waals surface area contributed by atoms with E-state index < -0.39 is 0 Å². The first-order valence-electron chi connectivity index (χ1n) is 7.21. The first kappa shape index (κ1) is 18.2. The van der Waals surface area contributed by atoms with Crippen molar-refractivity contribution in [3.63, 3.8) is 0 Å². The van der Waals surface area contributed by atoms with Gasteiger partial charge in [-0.15, -0.1) is 0 Å². The molecule has 0 saturated heterocycles. The first-order chi connectivity index (χ1) is 10.1.